The number of Topliss-reactive ketones (excluding diaryl/α,β-unsaturated/α-hetero) is 1. The molecule has 7 nitrogen and oxygen atoms in total. The summed E-state index contributed by atoms with van der Waals surface area (Å²) in [7, 11) is 0. The molecule has 1 heterocycles. The van der Waals surface area contributed by atoms with Crippen LogP contribution < -0.4 is 10.6 Å². The van der Waals surface area contributed by atoms with Crippen molar-refractivity contribution in [2.24, 2.45) is 11.1 Å². The first kappa shape index (κ1) is 29.2. The highest BCUT2D eigenvalue weighted by atomic mass is 32.2. The predicted molar refractivity (Wildman–Crippen MR) is 168 cm³/mol. The molecule has 0 radical (unpaired) electrons. The third-order valence-corrected chi connectivity index (χ3v) is 9.13. The van der Waals surface area contributed by atoms with Crippen molar-refractivity contribution in [2.75, 3.05) is 4.90 Å². The maximum atomic E-state index is 14.0. The molecule has 0 saturated heterocycles. The molecule has 0 saturated carbocycles. The smallest absolute Gasteiger partial charge is 0.293 e. The zero-order valence-electron chi connectivity index (χ0n) is 24.3. The molecular formula is C34H34N4O3S. The molecule has 1 aliphatic carbocycles. The molecule has 5 rings (SSSR count). The SMILES string of the molecule is Cc1cc(CSCc2ccccc2)c(C)c(C2C(C#N)=C(N)N(c3ccccc3[N+](=O)[O-])C3=C2C(=O)CC(C)(C)C3)c1. The van der Waals surface area contributed by atoms with E-state index in [9.17, 15) is 20.2 Å². The van der Waals surface area contributed by atoms with Crippen LogP contribution in [0.3, 0.4) is 0 Å². The van der Waals surface area contributed by atoms with Gasteiger partial charge >= 0.3 is 0 Å². The lowest BCUT2D eigenvalue weighted by Crippen LogP contribution is -2.42. The molecule has 42 heavy (non-hydrogen) atoms. The van der Waals surface area contributed by atoms with Gasteiger partial charge in [-0.2, -0.15) is 17.0 Å². The van der Waals surface area contributed by atoms with Gasteiger partial charge in [-0.1, -0.05) is 74.0 Å². The van der Waals surface area contributed by atoms with Gasteiger partial charge in [0.15, 0.2) is 5.78 Å². The van der Waals surface area contributed by atoms with Crippen molar-refractivity contribution in [1.82, 2.24) is 0 Å². The number of nitro benzene ring substituents is 1. The maximum Gasteiger partial charge on any atom is 0.293 e. The van der Waals surface area contributed by atoms with E-state index in [0.717, 1.165) is 33.8 Å². The number of para-hydroxylation sites is 2. The molecule has 0 amide bonds. The van der Waals surface area contributed by atoms with Crippen molar-refractivity contribution in [2.45, 2.75) is 58.0 Å². The predicted octanol–water partition coefficient (Wildman–Crippen LogP) is 7.59. The molecular weight excluding hydrogens is 544 g/mol. The number of carbonyl (C=O) groups excluding carboxylic acids is 1. The summed E-state index contributed by atoms with van der Waals surface area (Å²) in [5.41, 5.74) is 13.2. The molecule has 8 heteroatoms. The van der Waals surface area contributed by atoms with Gasteiger partial charge in [0.25, 0.3) is 5.69 Å². The number of allylic oxidation sites excluding steroid dienone is 3. The van der Waals surface area contributed by atoms with Crippen LogP contribution in [0.1, 0.15) is 60.4 Å². The molecule has 3 aromatic rings. The highest BCUT2D eigenvalue weighted by molar-refractivity contribution is 7.97. The first-order valence-electron chi connectivity index (χ1n) is 13.9. The minimum Gasteiger partial charge on any atom is -0.384 e. The lowest BCUT2D eigenvalue weighted by Gasteiger charge is -2.43. The van der Waals surface area contributed by atoms with Gasteiger partial charge in [-0.25, -0.2) is 0 Å². The van der Waals surface area contributed by atoms with Crippen LogP contribution in [-0.2, 0) is 16.3 Å². The van der Waals surface area contributed by atoms with Crippen molar-refractivity contribution in [3.05, 3.63) is 127 Å². The molecule has 214 valence electrons. The standard InChI is InChI=1S/C34H34N4O3S/c1-21-14-24(20-42-19-23-10-6-5-7-11-23)22(2)25(15-21)31-26(18-35)33(36)37(27-12-8-9-13-28(27)38(40)41)29-16-34(3,4)17-30(39)32(29)31/h5-15,31H,16-17,19-20,36H2,1-4H3. The fourth-order valence-corrected chi connectivity index (χ4v) is 7.22. The minimum atomic E-state index is -0.648. The Balaban J connectivity index is 1.66. The molecule has 0 spiro atoms. The van der Waals surface area contributed by atoms with Gasteiger partial charge < -0.3 is 5.73 Å². The second-order valence-corrected chi connectivity index (χ2v) is 12.8. The van der Waals surface area contributed by atoms with Gasteiger partial charge in [-0.05, 0) is 54.0 Å². The Morgan fingerprint density at radius 3 is 2.45 bits per heavy atom. The molecule has 1 atom stereocenters. The van der Waals surface area contributed by atoms with Crippen LogP contribution in [0.4, 0.5) is 11.4 Å². The van der Waals surface area contributed by atoms with E-state index in [-0.39, 0.29) is 34.0 Å². The summed E-state index contributed by atoms with van der Waals surface area (Å²) in [4.78, 5) is 27.2. The molecule has 0 bridgehead atoms. The topological polar surface area (TPSA) is 113 Å². The number of thioether (sulfide) groups is 1. The monoisotopic (exact) mass is 578 g/mol. The number of aryl methyl sites for hydroxylation is 1. The average Bonchev–Trinajstić information content (AvgIpc) is 2.94. The lowest BCUT2D eigenvalue weighted by atomic mass is 9.68. The molecule has 0 fully saturated rings. The Hall–Kier alpha value is -4.35. The number of benzene rings is 3. The molecule has 1 unspecified atom stereocenters. The summed E-state index contributed by atoms with van der Waals surface area (Å²) >= 11 is 1.82. The number of nitro groups is 1. The van der Waals surface area contributed by atoms with Crippen molar-refractivity contribution >= 4 is 28.9 Å². The van der Waals surface area contributed by atoms with E-state index in [1.165, 1.54) is 11.6 Å². The zero-order valence-corrected chi connectivity index (χ0v) is 25.1. The Kier molecular flexibility index (Phi) is 7.98. The van der Waals surface area contributed by atoms with Crippen LogP contribution in [0.25, 0.3) is 0 Å². The number of nitrogens with zero attached hydrogens (tertiary/aromatic N) is 3. The largest absolute Gasteiger partial charge is 0.384 e. The van der Waals surface area contributed by atoms with Gasteiger partial charge in [-0.15, -0.1) is 0 Å². The number of ketones is 1. The van der Waals surface area contributed by atoms with Crippen LogP contribution in [0, 0.1) is 40.7 Å². The number of carbonyl (C=O) groups is 1. The number of hydrogen-bond acceptors (Lipinski definition) is 7. The highest BCUT2D eigenvalue weighted by Crippen LogP contribution is 2.52. The number of rotatable bonds is 7. The van der Waals surface area contributed by atoms with E-state index in [4.69, 9.17) is 5.73 Å². The quantitative estimate of drug-likeness (QED) is 0.227. The molecule has 2 aliphatic rings. The summed E-state index contributed by atoms with van der Waals surface area (Å²) < 4.78 is 0. The van der Waals surface area contributed by atoms with Gasteiger partial charge in [0, 0.05) is 35.3 Å². The van der Waals surface area contributed by atoms with E-state index < -0.39 is 10.8 Å². The highest BCUT2D eigenvalue weighted by Gasteiger charge is 2.46. The fraction of sp³-hybridized carbons (Fsp3) is 0.294. The first-order valence-corrected chi connectivity index (χ1v) is 15.1. The first-order chi connectivity index (χ1) is 20.0. The molecule has 2 N–H and O–H groups in total. The second kappa shape index (κ2) is 11.5. The number of anilines is 1. The van der Waals surface area contributed by atoms with Crippen LogP contribution in [0.5, 0.6) is 0 Å². The minimum absolute atomic E-state index is 0.0593. The molecule has 1 aliphatic heterocycles. The van der Waals surface area contributed by atoms with Gasteiger partial charge in [0.2, 0.25) is 0 Å². The third kappa shape index (κ3) is 5.45. The van der Waals surface area contributed by atoms with E-state index in [0.29, 0.717) is 24.1 Å². The van der Waals surface area contributed by atoms with Crippen LogP contribution in [-0.4, -0.2) is 10.7 Å². The van der Waals surface area contributed by atoms with Crippen molar-refractivity contribution in [1.29, 1.82) is 5.26 Å². The van der Waals surface area contributed by atoms with E-state index in [2.05, 4.69) is 24.3 Å². The second-order valence-electron chi connectivity index (χ2n) is 11.8. The lowest BCUT2D eigenvalue weighted by molar-refractivity contribution is -0.384. The van der Waals surface area contributed by atoms with Crippen molar-refractivity contribution in [3.63, 3.8) is 0 Å². The zero-order chi connectivity index (χ0) is 30.2. The van der Waals surface area contributed by atoms with Gasteiger partial charge in [-0.3, -0.25) is 19.8 Å². The van der Waals surface area contributed by atoms with Crippen LogP contribution >= 0.6 is 11.8 Å². The fourth-order valence-electron chi connectivity index (χ4n) is 6.17. The number of hydrogen-bond donors (Lipinski definition) is 1. The summed E-state index contributed by atoms with van der Waals surface area (Å²) in [6.07, 6.45) is 0.803. The Labute approximate surface area is 250 Å². The van der Waals surface area contributed by atoms with Crippen molar-refractivity contribution < 1.29 is 9.72 Å². The Morgan fingerprint density at radius 1 is 1.07 bits per heavy atom. The maximum absolute atomic E-state index is 14.0. The van der Waals surface area contributed by atoms with E-state index >= 15 is 0 Å². The number of nitrogens with two attached hydrogens (primary N) is 1. The van der Waals surface area contributed by atoms with Gasteiger partial charge in [0.1, 0.15) is 11.5 Å². The number of nitriles is 1. The van der Waals surface area contributed by atoms with E-state index in [1.54, 1.807) is 23.1 Å². The summed E-state index contributed by atoms with van der Waals surface area (Å²) in [6, 6.07) is 23.2. The third-order valence-electron chi connectivity index (χ3n) is 8.08. The molecule has 0 aromatic heterocycles. The van der Waals surface area contributed by atoms with E-state index in [1.807, 2.05) is 63.7 Å². The normalized spacial score (nSPS) is 18.1. The summed E-state index contributed by atoms with van der Waals surface area (Å²) in [5.74, 6) is 1.07. The molecule has 3 aromatic carbocycles. The van der Waals surface area contributed by atoms with Crippen molar-refractivity contribution in [3.8, 4) is 6.07 Å². The Morgan fingerprint density at radius 2 is 1.76 bits per heavy atom. The Bertz CT molecular complexity index is 1680. The summed E-state index contributed by atoms with van der Waals surface area (Å²) in [5, 5.41) is 22.6. The average molecular weight is 579 g/mol. The van der Waals surface area contributed by atoms with Crippen LogP contribution in [0.15, 0.2) is 89.4 Å². The summed E-state index contributed by atoms with van der Waals surface area (Å²) in [6.45, 7) is 8.10. The van der Waals surface area contributed by atoms with Gasteiger partial charge in [0.05, 0.1) is 22.5 Å². The van der Waals surface area contributed by atoms with Crippen LogP contribution in [0.2, 0.25) is 0 Å².